The zero-order valence-corrected chi connectivity index (χ0v) is 14.2. The van der Waals surface area contributed by atoms with Gasteiger partial charge in [-0.25, -0.2) is 4.79 Å². The van der Waals surface area contributed by atoms with Gasteiger partial charge < -0.3 is 19.2 Å². The second-order valence-corrected chi connectivity index (χ2v) is 6.14. The van der Waals surface area contributed by atoms with E-state index in [-0.39, 0.29) is 12.1 Å². The van der Waals surface area contributed by atoms with Crippen LogP contribution < -0.4 is 5.32 Å². The Balaban J connectivity index is 1.48. The highest BCUT2D eigenvalue weighted by atomic mass is 16.5. The number of hydrogen-bond acceptors (Lipinski definition) is 6. The molecule has 26 heavy (non-hydrogen) atoms. The van der Waals surface area contributed by atoms with E-state index in [0.29, 0.717) is 30.6 Å². The van der Waals surface area contributed by atoms with Crippen molar-refractivity contribution < 1.29 is 13.7 Å². The van der Waals surface area contributed by atoms with Crippen LogP contribution in [0.15, 0.2) is 51.9 Å². The van der Waals surface area contributed by atoms with E-state index in [1.807, 2.05) is 18.2 Å². The molecule has 0 saturated carbocycles. The second kappa shape index (κ2) is 7.38. The van der Waals surface area contributed by atoms with Crippen LogP contribution in [-0.4, -0.2) is 32.6 Å². The standard InChI is InChI=1S/C18H19N5O3/c24-18(20-12-14-4-3-11-25-14)23-10-2-1-5-15(23)17-21-16(22-26-17)13-6-8-19-9-7-13/h3-4,6-9,11,15H,1-2,5,10,12H2,(H,20,24)/t15-/m1/s1. The van der Waals surface area contributed by atoms with E-state index in [2.05, 4.69) is 20.4 Å². The fraction of sp³-hybridized carbons (Fsp3) is 0.333. The maximum atomic E-state index is 12.6. The number of aromatic nitrogens is 3. The molecule has 1 aliphatic heterocycles. The molecule has 1 saturated heterocycles. The van der Waals surface area contributed by atoms with Crippen molar-refractivity contribution in [2.75, 3.05) is 6.54 Å². The topological polar surface area (TPSA) is 97.3 Å². The number of pyridine rings is 1. The van der Waals surface area contributed by atoms with E-state index in [0.717, 1.165) is 24.8 Å². The van der Waals surface area contributed by atoms with Crippen molar-refractivity contribution in [3.63, 3.8) is 0 Å². The Morgan fingerprint density at radius 3 is 2.96 bits per heavy atom. The molecule has 3 aromatic rings. The van der Waals surface area contributed by atoms with E-state index in [1.165, 1.54) is 0 Å². The fourth-order valence-corrected chi connectivity index (χ4v) is 3.10. The number of hydrogen-bond donors (Lipinski definition) is 1. The van der Waals surface area contributed by atoms with E-state index < -0.39 is 0 Å². The lowest BCUT2D eigenvalue weighted by Gasteiger charge is -2.33. The van der Waals surface area contributed by atoms with Gasteiger partial charge in [-0.1, -0.05) is 5.16 Å². The first kappa shape index (κ1) is 16.3. The lowest BCUT2D eigenvalue weighted by Crippen LogP contribution is -2.44. The molecule has 0 spiro atoms. The Kier molecular flexibility index (Phi) is 4.63. The van der Waals surface area contributed by atoms with Crippen molar-refractivity contribution in [2.45, 2.75) is 31.8 Å². The predicted molar refractivity (Wildman–Crippen MR) is 91.8 cm³/mol. The van der Waals surface area contributed by atoms with Crippen LogP contribution in [0.4, 0.5) is 4.79 Å². The first-order valence-electron chi connectivity index (χ1n) is 8.62. The number of likely N-dealkylation sites (tertiary alicyclic amines) is 1. The quantitative estimate of drug-likeness (QED) is 0.774. The van der Waals surface area contributed by atoms with E-state index in [9.17, 15) is 4.79 Å². The molecule has 1 N–H and O–H groups in total. The summed E-state index contributed by atoms with van der Waals surface area (Å²) in [4.78, 5) is 22.9. The Hall–Kier alpha value is -3.16. The number of urea groups is 1. The fourth-order valence-electron chi connectivity index (χ4n) is 3.10. The third-order valence-electron chi connectivity index (χ3n) is 4.42. The molecule has 1 atom stereocenters. The minimum atomic E-state index is -0.219. The number of piperidine rings is 1. The molecular formula is C18H19N5O3. The Morgan fingerprint density at radius 2 is 2.15 bits per heavy atom. The first-order valence-corrected chi connectivity index (χ1v) is 8.62. The van der Waals surface area contributed by atoms with Gasteiger partial charge in [0.2, 0.25) is 11.7 Å². The average Bonchev–Trinajstić information content (AvgIpc) is 3.39. The van der Waals surface area contributed by atoms with Gasteiger partial charge in [0.15, 0.2) is 0 Å². The molecule has 8 heteroatoms. The van der Waals surface area contributed by atoms with Crippen molar-refractivity contribution in [3.05, 3.63) is 54.6 Å². The van der Waals surface area contributed by atoms with Crippen LogP contribution in [0.5, 0.6) is 0 Å². The van der Waals surface area contributed by atoms with Gasteiger partial charge in [0.05, 0.1) is 12.8 Å². The summed E-state index contributed by atoms with van der Waals surface area (Å²) in [6.45, 7) is 1.00. The third kappa shape index (κ3) is 3.44. The van der Waals surface area contributed by atoms with E-state index >= 15 is 0 Å². The summed E-state index contributed by atoms with van der Waals surface area (Å²) in [6, 6.07) is 6.89. The summed E-state index contributed by atoms with van der Waals surface area (Å²) in [6.07, 6.45) is 7.72. The summed E-state index contributed by atoms with van der Waals surface area (Å²) in [5.74, 6) is 1.68. The number of furan rings is 1. The van der Waals surface area contributed by atoms with Gasteiger partial charge in [0.25, 0.3) is 0 Å². The molecule has 0 unspecified atom stereocenters. The Bertz CT molecular complexity index is 847. The largest absolute Gasteiger partial charge is 0.467 e. The molecule has 134 valence electrons. The van der Waals surface area contributed by atoms with Crippen molar-refractivity contribution in [1.82, 2.24) is 25.3 Å². The molecule has 8 nitrogen and oxygen atoms in total. The summed E-state index contributed by atoms with van der Waals surface area (Å²) in [7, 11) is 0. The Morgan fingerprint density at radius 1 is 1.27 bits per heavy atom. The SMILES string of the molecule is O=C(NCc1ccco1)N1CCCC[C@@H]1c1nc(-c2ccncc2)no1. The minimum absolute atomic E-state index is 0.158. The zero-order chi connectivity index (χ0) is 17.8. The third-order valence-corrected chi connectivity index (χ3v) is 4.42. The number of carbonyl (C=O) groups is 1. The Labute approximate surface area is 150 Å². The number of carbonyl (C=O) groups excluding carboxylic acids is 1. The maximum absolute atomic E-state index is 12.6. The summed E-state index contributed by atoms with van der Waals surface area (Å²) < 4.78 is 10.7. The normalized spacial score (nSPS) is 17.2. The molecule has 3 aromatic heterocycles. The second-order valence-electron chi connectivity index (χ2n) is 6.14. The molecular weight excluding hydrogens is 334 g/mol. The van der Waals surface area contributed by atoms with Gasteiger partial charge in [-0.05, 0) is 43.5 Å². The summed E-state index contributed by atoms with van der Waals surface area (Å²) in [5, 5.41) is 6.94. The van der Waals surface area contributed by atoms with Crippen LogP contribution in [0.25, 0.3) is 11.4 Å². The molecule has 4 heterocycles. The lowest BCUT2D eigenvalue weighted by molar-refractivity contribution is 0.131. The van der Waals surface area contributed by atoms with Gasteiger partial charge >= 0.3 is 6.03 Å². The van der Waals surface area contributed by atoms with Crippen LogP contribution in [-0.2, 0) is 6.54 Å². The van der Waals surface area contributed by atoms with Crippen LogP contribution in [0.2, 0.25) is 0 Å². The lowest BCUT2D eigenvalue weighted by atomic mass is 10.0. The van der Waals surface area contributed by atoms with Crippen molar-refractivity contribution in [2.24, 2.45) is 0 Å². The minimum Gasteiger partial charge on any atom is -0.467 e. The number of rotatable bonds is 4. The highest BCUT2D eigenvalue weighted by molar-refractivity contribution is 5.74. The molecule has 1 fully saturated rings. The maximum Gasteiger partial charge on any atom is 0.318 e. The van der Waals surface area contributed by atoms with Crippen LogP contribution >= 0.6 is 0 Å². The average molecular weight is 353 g/mol. The number of nitrogens with one attached hydrogen (secondary N) is 1. The summed E-state index contributed by atoms with van der Waals surface area (Å²) in [5.41, 5.74) is 0.833. The number of nitrogens with zero attached hydrogens (tertiary/aromatic N) is 4. The van der Waals surface area contributed by atoms with E-state index in [4.69, 9.17) is 8.94 Å². The van der Waals surface area contributed by atoms with E-state index in [1.54, 1.807) is 29.6 Å². The van der Waals surface area contributed by atoms with Crippen molar-refractivity contribution >= 4 is 6.03 Å². The molecule has 0 bridgehead atoms. The first-order chi connectivity index (χ1) is 12.8. The zero-order valence-electron chi connectivity index (χ0n) is 14.2. The van der Waals surface area contributed by atoms with Crippen LogP contribution in [0.3, 0.4) is 0 Å². The molecule has 4 rings (SSSR count). The van der Waals surface area contributed by atoms with Crippen LogP contribution in [0.1, 0.15) is 37.0 Å². The predicted octanol–water partition coefficient (Wildman–Crippen LogP) is 3.16. The smallest absolute Gasteiger partial charge is 0.318 e. The van der Waals surface area contributed by atoms with Crippen LogP contribution in [0, 0.1) is 0 Å². The van der Waals surface area contributed by atoms with Gasteiger partial charge in [-0.3, -0.25) is 4.98 Å². The van der Waals surface area contributed by atoms with Gasteiger partial charge in [-0.2, -0.15) is 4.98 Å². The molecule has 2 amide bonds. The van der Waals surface area contributed by atoms with Crippen molar-refractivity contribution in [3.8, 4) is 11.4 Å². The monoisotopic (exact) mass is 353 g/mol. The molecule has 0 aromatic carbocycles. The van der Waals surface area contributed by atoms with Gasteiger partial charge in [0, 0.05) is 24.5 Å². The van der Waals surface area contributed by atoms with Gasteiger partial charge in [0.1, 0.15) is 11.8 Å². The highest BCUT2D eigenvalue weighted by Gasteiger charge is 2.32. The van der Waals surface area contributed by atoms with Gasteiger partial charge in [-0.15, -0.1) is 0 Å². The molecule has 0 radical (unpaired) electrons. The van der Waals surface area contributed by atoms with Crippen molar-refractivity contribution in [1.29, 1.82) is 0 Å². The summed E-state index contributed by atoms with van der Waals surface area (Å²) >= 11 is 0. The molecule has 0 aliphatic carbocycles. The molecule has 1 aliphatic rings. The highest BCUT2D eigenvalue weighted by Crippen LogP contribution is 2.31. The number of amides is 2.